The van der Waals surface area contributed by atoms with Gasteiger partial charge in [0, 0.05) is 37.9 Å². The van der Waals surface area contributed by atoms with Gasteiger partial charge in [0.2, 0.25) is 5.91 Å². The minimum atomic E-state index is -0.336. The largest absolute Gasteiger partial charge is 0.350 e. The first kappa shape index (κ1) is 17.0. The lowest BCUT2D eigenvalue weighted by Crippen LogP contribution is -2.51. The fourth-order valence-corrected chi connectivity index (χ4v) is 3.22. The molecule has 27 heavy (non-hydrogen) atoms. The number of benzene rings is 1. The Balaban J connectivity index is 1.39. The molecule has 8 nitrogen and oxygen atoms in total. The molecule has 0 saturated carbocycles. The Kier molecular flexibility index (Phi) is 4.45. The Morgan fingerprint density at radius 1 is 0.889 bits per heavy atom. The Morgan fingerprint density at radius 2 is 1.56 bits per heavy atom. The van der Waals surface area contributed by atoms with Crippen LogP contribution in [0.4, 0.5) is 0 Å². The van der Waals surface area contributed by atoms with Crippen LogP contribution in [0, 0.1) is 0 Å². The molecule has 4 rings (SSSR count). The summed E-state index contributed by atoms with van der Waals surface area (Å²) < 4.78 is 2.59. The summed E-state index contributed by atoms with van der Waals surface area (Å²) in [6, 6.07) is 14.4. The van der Waals surface area contributed by atoms with E-state index in [9.17, 15) is 14.4 Å². The lowest BCUT2D eigenvalue weighted by atomic mass is 10.2. The Bertz CT molecular complexity index is 1030. The van der Waals surface area contributed by atoms with Crippen molar-refractivity contribution in [2.24, 2.45) is 0 Å². The van der Waals surface area contributed by atoms with Crippen molar-refractivity contribution in [1.29, 1.82) is 0 Å². The van der Waals surface area contributed by atoms with Gasteiger partial charge in [-0.1, -0.05) is 24.3 Å². The first-order chi connectivity index (χ1) is 13.1. The minimum absolute atomic E-state index is 0.0285. The van der Waals surface area contributed by atoms with Crippen molar-refractivity contribution in [2.75, 3.05) is 26.2 Å². The third-order valence-corrected chi connectivity index (χ3v) is 4.71. The zero-order chi connectivity index (χ0) is 18.8. The summed E-state index contributed by atoms with van der Waals surface area (Å²) in [5, 5.41) is 4.19. The van der Waals surface area contributed by atoms with Crippen LogP contribution in [0.5, 0.6) is 0 Å². The molecule has 0 atom stereocenters. The maximum atomic E-state index is 12.6. The van der Waals surface area contributed by atoms with Crippen molar-refractivity contribution >= 4 is 17.5 Å². The summed E-state index contributed by atoms with van der Waals surface area (Å²) in [6.07, 6.45) is 1.62. The van der Waals surface area contributed by atoms with E-state index >= 15 is 0 Å². The molecule has 138 valence electrons. The third-order valence-electron chi connectivity index (χ3n) is 4.71. The van der Waals surface area contributed by atoms with Crippen LogP contribution in [0.3, 0.4) is 0 Å². The van der Waals surface area contributed by atoms with Gasteiger partial charge in [-0.2, -0.15) is 0 Å². The first-order valence-corrected chi connectivity index (χ1v) is 8.80. The molecular weight excluding hydrogens is 346 g/mol. The van der Waals surface area contributed by atoms with Gasteiger partial charge in [-0.05, 0) is 24.3 Å². The van der Waals surface area contributed by atoms with E-state index in [1.54, 1.807) is 46.3 Å². The molecule has 0 spiro atoms. The molecule has 8 heteroatoms. The number of hydrogen-bond acceptors (Lipinski definition) is 4. The van der Waals surface area contributed by atoms with Crippen molar-refractivity contribution in [2.45, 2.75) is 6.54 Å². The van der Waals surface area contributed by atoms with Crippen LogP contribution in [0.2, 0.25) is 0 Å². The monoisotopic (exact) mass is 365 g/mol. The average molecular weight is 365 g/mol. The lowest BCUT2D eigenvalue weighted by molar-refractivity contribution is -0.133. The second-order valence-corrected chi connectivity index (χ2v) is 6.41. The summed E-state index contributed by atoms with van der Waals surface area (Å²) in [7, 11) is 0. The molecule has 0 bridgehead atoms. The highest BCUT2D eigenvalue weighted by molar-refractivity contribution is 5.94. The molecular formula is C19H19N5O3. The van der Waals surface area contributed by atoms with Gasteiger partial charge in [0.05, 0.1) is 0 Å². The molecule has 0 N–H and O–H groups in total. The molecule has 3 aromatic rings. The quantitative estimate of drug-likeness (QED) is 0.676. The van der Waals surface area contributed by atoms with E-state index in [-0.39, 0.29) is 24.0 Å². The highest BCUT2D eigenvalue weighted by Gasteiger charge is 2.25. The second-order valence-electron chi connectivity index (χ2n) is 6.41. The van der Waals surface area contributed by atoms with E-state index in [1.807, 2.05) is 18.2 Å². The highest BCUT2D eigenvalue weighted by atomic mass is 16.2. The van der Waals surface area contributed by atoms with Crippen molar-refractivity contribution in [3.63, 3.8) is 0 Å². The Hall–Kier alpha value is -3.42. The van der Waals surface area contributed by atoms with Crippen LogP contribution in [-0.4, -0.2) is 62.0 Å². The van der Waals surface area contributed by atoms with Crippen LogP contribution in [0.1, 0.15) is 10.4 Å². The number of fused-ring (bicyclic) bond motifs is 1. The molecule has 0 aliphatic carbocycles. The number of aromatic nitrogens is 3. The normalized spacial score (nSPS) is 14.5. The molecule has 2 aromatic heterocycles. The number of amides is 2. The molecule has 1 fully saturated rings. The standard InChI is InChI=1S/C19H19N5O3/c25-17(14-24-19(27)23-9-5-4-8-16(23)20-24)21-10-12-22(13-11-21)18(26)15-6-2-1-3-7-15/h1-9H,10-14H2. The molecule has 2 amide bonds. The Labute approximate surface area is 155 Å². The van der Waals surface area contributed by atoms with Crippen LogP contribution in [0.15, 0.2) is 59.5 Å². The molecule has 1 aliphatic heterocycles. The molecule has 0 unspecified atom stereocenters. The van der Waals surface area contributed by atoms with Crippen molar-refractivity contribution < 1.29 is 9.59 Å². The maximum absolute atomic E-state index is 12.6. The zero-order valence-electron chi connectivity index (χ0n) is 14.7. The summed E-state index contributed by atoms with van der Waals surface area (Å²) in [5.74, 6) is -0.202. The number of pyridine rings is 1. The van der Waals surface area contributed by atoms with Crippen molar-refractivity contribution in [3.8, 4) is 0 Å². The number of carbonyl (C=O) groups excluding carboxylic acids is 2. The second kappa shape index (κ2) is 7.06. The van der Waals surface area contributed by atoms with Gasteiger partial charge in [-0.15, -0.1) is 5.10 Å². The molecule has 3 heterocycles. The lowest BCUT2D eigenvalue weighted by Gasteiger charge is -2.34. The van der Waals surface area contributed by atoms with E-state index in [2.05, 4.69) is 5.10 Å². The summed E-state index contributed by atoms with van der Waals surface area (Å²) >= 11 is 0. The number of piperazine rings is 1. The van der Waals surface area contributed by atoms with E-state index in [1.165, 1.54) is 9.08 Å². The van der Waals surface area contributed by atoms with Gasteiger partial charge < -0.3 is 9.80 Å². The number of hydrogen-bond donors (Lipinski definition) is 0. The van der Waals surface area contributed by atoms with Crippen LogP contribution >= 0.6 is 0 Å². The van der Waals surface area contributed by atoms with E-state index in [0.29, 0.717) is 37.4 Å². The fourth-order valence-electron chi connectivity index (χ4n) is 3.22. The topological polar surface area (TPSA) is 79.9 Å². The zero-order valence-corrected chi connectivity index (χ0v) is 14.7. The van der Waals surface area contributed by atoms with Gasteiger partial charge in [0.15, 0.2) is 5.65 Å². The molecule has 0 radical (unpaired) electrons. The van der Waals surface area contributed by atoms with Crippen LogP contribution < -0.4 is 5.69 Å². The van der Waals surface area contributed by atoms with E-state index < -0.39 is 0 Å². The van der Waals surface area contributed by atoms with Gasteiger partial charge in [0.1, 0.15) is 6.54 Å². The molecule has 1 aromatic carbocycles. The van der Waals surface area contributed by atoms with E-state index in [4.69, 9.17) is 0 Å². The van der Waals surface area contributed by atoms with Gasteiger partial charge in [-0.25, -0.2) is 9.48 Å². The number of carbonyl (C=O) groups is 2. The molecule has 1 aliphatic rings. The average Bonchev–Trinajstić information content (AvgIpc) is 3.04. The highest BCUT2D eigenvalue weighted by Crippen LogP contribution is 2.09. The van der Waals surface area contributed by atoms with Gasteiger partial charge in [-0.3, -0.25) is 14.0 Å². The number of nitrogens with zero attached hydrogens (tertiary/aromatic N) is 5. The minimum Gasteiger partial charge on any atom is -0.338 e. The van der Waals surface area contributed by atoms with Crippen molar-refractivity contribution in [1.82, 2.24) is 24.0 Å². The number of rotatable bonds is 3. The summed E-state index contributed by atoms with van der Waals surface area (Å²) in [4.78, 5) is 40.7. The van der Waals surface area contributed by atoms with E-state index in [0.717, 1.165) is 0 Å². The SMILES string of the molecule is O=C(Cn1nc2ccccn2c1=O)N1CCN(C(=O)c2ccccc2)CC1. The smallest absolute Gasteiger partial charge is 0.338 e. The Morgan fingerprint density at radius 3 is 2.26 bits per heavy atom. The molecule has 1 saturated heterocycles. The van der Waals surface area contributed by atoms with Crippen LogP contribution in [0.25, 0.3) is 5.65 Å². The third kappa shape index (κ3) is 3.33. The predicted molar refractivity (Wildman–Crippen MR) is 98.4 cm³/mol. The van der Waals surface area contributed by atoms with Gasteiger partial charge >= 0.3 is 5.69 Å². The fraction of sp³-hybridized carbons (Fsp3) is 0.263. The summed E-state index contributed by atoms with van der Waals surface area (Å²) in [5.41, 5.74) is 0.818. The first-order valence-electron chi connectivity index (χ1n) is 8.80. The summed E-state index contributed by atoms with van der Waals surface area (Å²) in [6.45, 7) is 1.73. The predicted octanol–water partition coefficient (Wildman–Crippen LogP) is 0.481. The maximum Gasteiger partial charge on any atom is 0.350 e. The van der Waals surface area contributed by atoms with Gasteiger partial charge in [0.25, 0.3) is 5.91 Å². The van der Waals surface area contributed by atoms with Crippen LogP contribution in [-0.2, 0) is 11.3 Å². The van der Waals surface area contributed by atoms with Crippen molar-refractivity contribution in [3.05, 3.63) is 70.8 Å².